The van der Waals surface area contributed by atoms with Gasteiger partial charge in [-0.15, -0.1) is 0 Å². The Morgan fingerprint density at radius 3 is 2.74 bits per heavy atom. The fourth-order valence-electron chi connectivity index (χ4n) is 3.15. The van der Waals surface area contributed by atoms with Crippen LogP contribution in [0.4, 0.5) is 5.69 Å². The Kier molecular flexibility index (Phi) is 5.34. The van der Waals surface area contributed by atoms with Crippen LogP contribution < -0.4 is 5.32 Å². The normalized spacial score (nSPS) is 15.0. The van der Waals surface area contributed by atoms with E-state index in [0.29, 0.717) is 13.0 Å². The van der Waals surface area contributed by atoms with E-state index < -0.39 is 0 Å². The summed E-state index contributed by atoms with van der Waals surface area (Å²) in [5, 5.41) is 7.96. The number of aromatic nitrogens is 2. The Morgan fingerprint density at radius 1 is 1.26 bits per heavy atom. The first-order valence-electron chi connectivity index (χ1n) is 8.26. The number of anilines is 1. The number of hydrogen-bond acceptors (Lipinski definition) is 2. The van der Waals surface area contributed by atoms with E-state index in [-0.39, 0.29) is 5.91 Å². The Balaban J connectivity index is 1.48. The highest BCUT2D eigenvalue weighted by atomic mass is 35.5. The van der Waals surface area contributed by atoms with E-state index >= 15 is 0 Å². The van der Waals surface area contributed by atoms with Gasteiger partial charge in [-0.05, 0) is 30.0 Å². The molecular formula is C18H22ClN3O. The number of rotatable bonds is 6. The van der Waals surface area contributed by atoms with Crippen molar-refractivity contribution in [1.29, 1.82) is 0 Å². The fraction of sp³-hybridized carbons (Fsp3) is 0.444. The molecular weight excluding hydrogens is 310 g/mol. The van der Waals surface area contributed by atoms with Crippen LogP contribution in [-0.4, -0.2) is 15.7 Å². The first-order valence-corrected chi connectivity index (χ1v) is 8.63. The van der Waals surface area contributed by atoms with Gasteiger partial charge in [-0.3, -0.25) is 9.48 Å². The van der Waals surface area contributed by atoms with Crippen LogP contribution in [0.2, 0.25) is 5.02 Å². The minimum atomic E-state index is 0.0861. The van der Waals surface area contributed by atoms with Crippen LogP contribution in [0.25, 0.3) is 0 Å². The van der Waals surface area contributed by atoms with Crippen molar-refractivity contribution in [2.75, 3.05) is 5.32 Å². The van der Waals surface area contributed by atoms with E-state index in [2.05, 4.69) is 10.4 Å². The maximum atomic E-state index is 12.0. The molecule has 1 N–H and O–H groups in total. The molecule has 5 heteroatoms. The van der Waals surface area contributed by atoms with Crippen molar-refractivity contribution in [2.45, 2.75) is 45.1 Å². The average Bonchev–Trinajstić information content (AvgIpc) is 3.20. The molecule has 0 radical (unpaired) electrons. The Hall–Kier alpha value is -1.81. The van der Waals surface area contributed by atoms with E-state index in [4.69, 9.17) is 11.6 Å². The highest BCUT2D eigenvalue weighted by Crippen LogP contribution is 2.28. The number of amides is 1. The SMILES string of the molecule is O=C(CCC1CCCC1)Nc1cnn(Cc2ccc(Cl)cc2)c1. The molecule has 0 aliphatic heterocycles. The molecule has 0 unspecified atom stereocenters. The van der Waals surface area contributed by atoms with Crippen molar-refractivity contribution in [3.63, 3.8) is 0 Å². The van der Waals surface area contributed by atoms with Crippen LogP contribution in [0.3, 0.4) is 0 Å². The third-order valence-corrected chi connectivity index (χ3v) is 4.68. The molecule has 1 fully saturated rings. The lowest BCUT2D eigenvalue weighted by Gasteiger charge is -2.08. The smallest absolute Gasteiger partial charge is 0.224 e. The Labute approximate surface area is 141 Å². The van der Waals surface area contributed by atoms with Crippen LogP contribution in [0.5, 0.6) is 0 Å². The number of carbonyl (C=O) groups excluding carboxylic acids is 1. The molecule has 1 aliphatic rings. The van der Waals surface area contributed by atoms with Gasteiger partial charge >= 0.3 is 0 Å². The molecule has 1 aromatic carbocycles. The van der Waals surface area contributed by atoms with Crippen LogP contribution >= 0.6 is 11.6 Å². The first-order chi connectivity index (χ1) is 11.2. The third kappa shape index (κ3) is 4.83. The summed E-state index contributed by atoms with van der Waals surface area (Å²) in [4.78, 5) is 12.0. The second-order valence-corrected chi connectivity index (χ2v) is 6.73. The summed E-state index contributed by atoms with van der Waals surface area (Å²) in [5.74, 6) is 0.830. The summed E-state index contributed by atoms with van der Waals surface area (Å²) in [6, 6.07) is 7.69. The summed E-state index contributed by atoms with van der Waals surface area (Å²) in [7, 11) is 0. The van der Waals surface area contributed by atoms with Gasteiger partial charge in [0.05, 0.1) is 18.4 Å². The number of hydrogen-bond donors (Lipinski definition) is 1. The van der Waals surface area contributed by atoms with Crippen molar-refractivity contribution >= 4 is 23.2 Å². The van der Waals surface area contributed by atoms with E-state index in [0.717, 1.165) is 28.6 Å². The minimum Gasteiger partial charge on any atom is -0.323 e. The molecule has 0 spiro atoms. The van der Waals surface area contributed by atoms with Crippen molar-refractivity contribution in [3.8, 4) is 0 Å². The standard InChI is InChI=1S/C18H22ClN3O/c19-16-8-5-15(6-9-16)12-22-13-17(11-20-22)21-18(23)10-7-14-3-1-2-4-14/h5-6,8-9,11,13-14H,1-4,7,10,12H2,(H,21,23). The van der Waals surface area contributed by atoms with Crippen LogP contribution in [0, 0.1) is 5.92 Å². The molecule has 1 heterocycles. The minimum absolute atomic E-state index is 0.0861. The van der Waals surface area contributed by atoms with Crippen molar-refractivity contribution < 1.29 is 4.79 Å². The molecule has 0 atom stereocenters. The van der Waals surface area contributed by atoms with Crippen molar-refractivity contribution in [1.82, 2.24) is 9.78 Å². The zero-order valence-electron chi connectivity index (χ0n) is 13.2. The summed E-state index contributed by atoms with van der Waals surface area (Å²) in [5.41, 5.74) is 1.88. The van der Waals surface area contributed by atoms with Gasteiger partial charge in [-0.25, -0.2) is 0 Å². The average molecular weight is 332 g/mol. The topological polar surface area (TPSA) is 46.9 Å². The highest BCUT2D eigenvalue weighted by Gasteiger charge is 2.16. The van der Waals surface area contributed by atoms with Gasteiger partial charge in [0, 0.05) is 17.6 Å². The number of nitrogens with zero attached hydrogens (tertiary/aromatic N) is 2. The summed E-state index contributed by atoms with van der Waals surface area (Å²) in [6.45, 7) is 0.662. The van der Waals surface area contributed by atoms with E-state index in [1.54, 1.807) is 6.20 Å². The lowest BCUT2D eigenvalue weighted by molar-refractivity contribution is -0.116. The van der Waals surface area contributed by atoms with E-state index in [1.165, 1.54) is 25.7 Å². The Morgan fingerprint density at radius 2 is 2.00 bits per heavy atom. The molecule has 1 saturated carbocycles. The molecule has 3 rings (SSSR count). The monoisotopic (exact) mass is 331 g/mol. The van der Waals surface area contributed by atoms with Crippen LogP contribution in [0.15, 0.2) is 36.7 Å². The van der Waals surface area contributed by atoms with Crippen molar-refractivity contribution in [3.05, 3.63) is 47.2 Å². The first kappa shape index (κ1) is 16.1. The quantitative estimate of drug-likeness (QED) is 0.847. The summed E-state index contributed by atoms with van der Waals surface area (Å²) in [6.07, 6.45) is 10.4. The highest BCUT2D eigenvalue weighted by molar-refractivity contribution is 6.30. The largest absolute Gasteiger partial charge is 0.323 e. The van der Waals surface area contributed by atoms with Gasteiger partial charge in [0.25, 0.3) is 0 Å². The zero-order valence-corrected chi connectivity index (χ0v) is 13.9. The second kappa shape index (κ2) is 7.64. The predicted molar refractivity (Wildman–Crippen MR) is 92.6 cm³/mol. The molecule has 0 bridgehead atoms. The van der Waals surface area contributed by atoms with Gasteiger partial charge in [0.1, 0.15) is 0 Å². The number of benzene rings is 1. The maximum Gasteiger partial charge on any atom is 0.224 e. The summed E-state index contributed by atoms with van der Waals surface area (Å²) >= 11 is 5.88. The molecule has 4 nitrogen and oxygen atoms in total. The van der Waals surface area contributed by atoms with E-state index in [9.17, 15) is 4.79 Å². The maximum absolute atomic E-state index is 12.0. The molecule has 1 amide bonds. The van der Waals surface area contributed by atoms with Crippen LogP contribution in [-0.2, 0) is 11.3 Å². The van der Waals surface area contributed by atoms with Gasteiger partial charge in [-0.1, -0.05) is 49.4 Å². The van der Waals surface area contributed by atoms with Crippen molar-refractivity contribution in [2.24, 2.45) is 5.92 Å². The molecule has 1 aliphatic carbocycles. The Bertz CT molecular complexity index is 645. The lowest BCUT2D eigenvalue weighted by atomic mass is 10.0. The van der Waals surface area contributed by atoms with Gasteiger partial charge in [0.2, 0.25) is 5.91 Å². The lowest BCUT2D eigenvalue weighted by Crippen LogP contribution is -2.12. The summed E-state index contributed by atoms with van der Waals surface area (Å²) < 4.78 is 1.82. The molecule has 23 heavy (non-hydrogen) atoms. The zero-order chi connectivity index (χ0) is 16.1. The van der Waals surface area contributed by atoms with Crippen LogP contribution in [0.1, 0.15) is 44.1 Å². The second-order valence-electron chi connectivity index (χ2n) is 6.29. The van der Waals surface area contributed by atoms with E-state index in [1.807, 2.05) is 35.1 Å². The number of nitrogens with one attached hydrogen (secondary N) is 1. The number of carbonyl (C=O) groups is 1. The third-order valence-electron chi connectivity index (χ3n) is 4.43. The molecule has 2 aromatic rings. The molecule has 0 saturated heterocycles. The molecule has 122 valence electrons. The van der Waals surface area contributed by atoms with Gasteiger partial charge < -0.3 is 5.32 Å². The van der Waals surface area contributed by atoms with Gasteiger partial charge in [0.15, 0.2) is 0 Å². The molecule has 1 aromatic heterocycles. The predicted octanol–water partition coefficient (Wildman–Crippen LogP) is 4.49. The van der Waals surface area contributed by atoms with Gasteiger partial charge in [-0.2, -0.15) is 5.10 Å². The number of halogens is 1. The fourth-order valence-corrected chi connectivity index (χ4v) is 3.28.